The van der Waals surface area contributed by atoms with Crippen LogP contribution >= 0.6 is 0 Å². The van der Waals surface area contributed by atoms with Crippen LogP contribution in [0.4, 0.5) is 5.69 Å². The minimum Gasteiger partial charge on any atom is -0.280 e. The van der Waals surface area contributed by atoms with Gasteiger partial charge in [0.1, 0.15) is 12.7 Å². The molecule has 7 heteroatoms. The molecule has 0 saturated heterocycles. The summed E-state index contributed by atoms with van der Waals surface area (Å²) in [5, 5.41) is 4.04. The maximum absolute atomic E-state index is 12.4. The van der Waals surface area contributed by atoms with Crippen molar-refractivity contribution >= 4 is 15.7 Å². The number of rotatable bonds is 5. The van der Waals surface area contributed by atoms with Crippen LogP contribution in [0.3, 0.4) is 0 Å². The van der Waals surface area contributed by atoms with Crippen molar-refractivity contribution in [3.63, 3.8) is 0 Å². The number of hydrogen-bond acceptors (Lipinski definition) is 4. The van der Waals surface area contributed by atoms with Crippen LogP contribution in [0.1, 0.15) is 11.1 Å². The first kappa shape index (κ1) is 15.2. The second-order valence-corrected chi connectivity index (χ2v) is 6.89. The molecule has 0 aliphatic rings. The lowest BCUT2D eigenvalue weighted by molar-refractivity contribution is 0.601. The summed E-state index contributed by atoms with van der Waals surface area (Å²) in [6.07, 6.45) is 3.11. The Bertz CT molecular complexity index is 888. The molecular weight excluding hydrogens is 312 g/mol. The third kappa shape index (κ3) is 3.75. The molecule has 23 heavy (non-hydrogen) atoms. The maximum atomic E-state index is 12.4. The molecule has 3 rings (SSSR count). The zero-order valence-corrected chi connectivity index (χ0v) is 13.4. The van der Waals surface area contributed by atoms with Gasteiger partial charge in [-0.3, -0.25) is 4.72 Å². The van der Waals surface area contributed by atoms with Crippen molar-refractivity contribution in [3.8, 4) is 0 Å². The van der Waals surface area contributed by atoms with E-state index in [-0.39, 0.29) is 4.90 Å². The van der Waals surface area contributed by atoms with E-state index in [0.29, 0.717) is 12.2 Å². The summed E-state index contributed by atoms with van der Waals surface area (Å²) in [7, 11) is -3.58. The zero-order chi connectivity index (χ0) is 16.3. The van der Waals surface area contributed by atoms with Crippen LogP contribution in [-0.4, -0.2) is 23.2 Å². The standard InChI is InChI=1S/C16H16N4O2S/c1-13-3-2-4-16(9-13)23(21,22)19-15-7-5-14(6-8-15)10-20-12-17-11-18-20/h2-9,11-12,19H,10H2,1H3. The van der Waals surface area contributed by atoms with Crippen molar-refractivity contribution in [2.75, 3.05) is 4.72 Å². The van der Waals surface area contributed by atoms with Crippen molar-refractivity contribution in [3.05, 3.63) is 72.3 Å². The van der Waals surface area contributed by atoms with E-state index in [0.717, 1.165) is 11.1 Å². The van der Waals surface area contributed by atoms with Crippen molar-refractivity contribution in [2.24, 2.45) is 0 Å². The number of benzene rings is 2. The normalized spacial score (nSPS) is 11.3. The van der Waals surface area contributed by atoms with Gasteiger partial charge in [0.05, 0.1) is 11.4 Å². The van der Waals surface area contributed by atoms with Gasteiger partial charge in [-0.2, -0.15) is 5.10 Å². The van der Waals surface area contributed by atoms with E-state index in [9.17, 15) is 8.42 Å². The Balaban J connectivity index is 1.75. The van der Waals surface area contributed by atoms with E-state index >= 15 is 0 Å². The molecule has 0 atom stereocenters. The highest BCUT2D eigenvalue weighted by molar-refractivity contribution is 7.92. The Morgan fingerprint density at radius 3 is 2.57 bits per heavy atom. The first-order valence-corrected chi connectivity index (χ1v) is 8.52. The van der Waals surface area contributed by atoms with E-state index < -0.39 is 10.0 Å². The van der Waals surface area contributed by atoms with Gasteiger partial charge in [0.25, 0.3) is 10.0 Å². The lowest BCUT2D eigenvalue weighted by atomic mass is 10.2. The predicted octanol–water partition coefficient (Wildman–Crippen LogP) is 2.44. The van der Waals surface area contributed by atoms with Crippen LogP contribution in [0, 0.1) is 6.92 Å². The highest BCUT2D eigenvalue weighted by atomic mass is 32.2. The largest absolute Gasteiger partial charge is 0.280 e. The summed E-state index contributed by atoms with van der Waals surface area (Å²) in [4.78, 5) is 4.14. The van der Waals surface area contributed by atoms with Gasteiger partial charge in [-0.15, -0.1) is 0 Å². The molecule has 0 aliphatic heterocycles. The summed E-state index contributed by atoms with van der Waals surface area (Å²) >= 11 is 0. The number of nitrogens with zero attached hydrogens (tertiary/aromatic N) is 3. The molecule has 6 nitrogen and oxygen atoms in total. The Kier molecular flexibility index (Phi) is 4.12. The first-order chi connectivity index (χ1) is 11.0. The topological polar surface area (TPSA) is 76.9 Å². The average Bonchev–Trinajstić information content (AvgIpc) is 3.02. The fraction of sp³-hybridized carbons (Fsp3) is 0.125. The highest BCUT2D eigenvalue weighted by Crippen LogP contribution is 2.17. The fourth-order valence-electron chi connectivity index (χ4n) is 2.18. The van der Waals surface area contributed by atoms with Crippen molar-refractivity contribution in [2.45, 2.75) is 18.4 Å². The second kappa shape index (κ2) is 6.21. The monoisotopic (exact) mass is 328 g/mol. The number of aryl methyl sites for hydroxylation is 1. The van der Waals surface area contributed by atoms with Gasteiger partial charge in [-0.1, -0.05) is 24.3 Å². The Labute approximate surface area is 134 Å². The minimum atomic E-state index is -3.58. The van der Waals surface area contributed by atoms with Gasteiger partial charge in [0, 0.05) is 5.69 Å². The fourth-order valence-corrected chi connectivity index (χ4v) is 3.34. The summed E-state index contributed by atoms with van der Waals surface area (Å²) in [6.45, 7) is 2.45. The number of nitrogens with one attached hydrogen (secondary N) is 1. The molecule has 1 heterocycles. The summed E-state index contributed by atoms with van der Waals surface area (Å²) in [6, 6.07) is 14.0. The molecule has 1 aromatic heterocycles. The highest BCUT2D eigenvalue weighted by Gasteiger charge is 2.13. The molecule has 0 radical (unpaired) electrons. The number of sulfonamides is 1. The molecule has 1 N–H and O–H groups in total. The van der Waals surface area contributed by atoms with E-state index in [1.807, 2.05) is 25.1 Å². The van der Waals surface area contributed by atoms with Crippen molar-refractivity contribution < 1.29 is 8.42 Å². The number of aromatic nitrogens is 3. The summed E-state index contributed by atoms with van der Waals surface area (Å²) in [5.41, 5.74) is 2.43. The number of anilines is 1. The lowest BCUT2D eigenvalue weighted by Gasteiger charge is -2.09. The van der Waals surface area contributed by atoms with Crippen LogP contribution in [0.2, 0.25) is 0 Å². The van der Waals surface area contributed by atoms with Crippen LogP contribution in [-0.2, 0) is 16.6 Å². The third-order valence-corrected chi connectivity index (χ3v) is 4.70. The molecule has 0 fully saturated rings. The zero-order valence-electron chi connectivity index (χ0n) is 12.5. The van der Waals surface area contributed by atoms with Gasteiger partial charge in [0.2, 0.25) is 0 Å². The van der Waals surface area contributed by atoms with Crippen molar-refractivity contribution in [1.29, 1.82) is 0 Å². The van der Waals surface area contributed by atoms with E-state index in [2.05, 4.69) is 14.8 Å². The molecule has 2 aromatic carbocycles. The maximum Gasteiger partial charge on any atom is 0.261 e. The summed E-state index contributed by atoms with van der Waals surface area (Å²) in [5.74, 6) is 0. The smallest absolute Gasteiger partial charge is 0.261 e. The Morgan fingerprint density at radius 1 is 1.13 bits per heavy atom. The molecule has 118 valence electrons. The molecule has 0 amide bonds. The van der Waals surface area contributed by atoms with E-state index in [1.54, 1.807) is 41.3 Å². The molecular formula is C16H16N4O2S. The molecule has 0 unspecified atom stereocenters. The van der Waals surface area contributed by atoms with E-state index in [4.69, 9.17) is 0 Å². The molecule has 0 aliphatic carbocycles. The SMILES string of the molecule is Cc1cccc(S(=O)(=O)Nc2ccc(Cn3cncn3)cc2)c1. The average molecular weight is 328 g/mol. The van der Waals surface area contributed by atoms with E-state index in [1.165, 1.54) is 6.33 Å². The van der Waals surface area contributed by atoms with Gasteiger partial charge >= 0.3 is 0 Å². The number of hydrogen-bond donors (Lipinski definition) is 1. The van der Waals surface area contributed by atoms with Crippen LogP contribution in [0.25, 0.3) is 0 Å². The first-order valence-electron chi connectivity index (χ1n) is 7.04. The van der Waals surface area contributed by atoms with Gasteiger partial charge < -0.3 is 0 Å². The van der Waals surface area contributed by atoms with Crippen LogP contribution in [0.5, 0.6) is 0 Å². The second-order valence-electron chi connectivity index (χ2n) is 5.21. The van der Waals surface area contributed by atoms with Gasteiger partial charge in [-0.05, 0) is 42.3 Å². The van der Waals surface area contributed by atoms with Gasteiger partial charge in [-0.25, -0.2) is 18.1 Å². The molecule has 0 spiro atoms. The Hall–Kier alpha value is -2.67. The quantitative estimate of drug-likeness (QED) is 0.780. The molecule has 0 bridgehead atoms. The Morgan fingerprint density at radius 2 is 1.91 bits per heavy atom. The molecule has 0 saturated carbocycles. The van der Waals surface area contributed by atoms with Gasteiger partial charge in [0.15, 0.2) is 0 Å². The lowest BCUT2D eigenvalue weighted by Crippen LogP contribution is -2.13. The predicted molar refractivity (Wildman–Crippen MR) is 87.6 cm³/mol. The minimum absolute atomic E-state index is 0.254. The molecule has 3 aromatic rings. The van der Waals surface area contributed by atoms with Crippen LogP contribution in [0.15, 0.2) is 66.1 Å². The van der Waals surface area contributed by atoms with Crippen molar-refractivity contribution in [1.82, 2.24) is 14.8 Å². The van der Waals surface area contributed by atoms with Crippen LogP contribution < -0.4 is 4.72 Å². The summed E-state index contributed by atoms with van der Waals surface area (Å²) < 4.78 is 29.0. The third-order valence-electron chi connectivity index (χ3n) is 3.32.